The average Bonchev–Trinajstić information content (AvgIpc) is 3.18. The van der Waals surface area contributed by atoms with Gasteiger partial charge in [-0.1, -0.05) is 33.3 Å². The molecule has 0 bridgehead atoms. The fourth-order valence-corrected chi connectivity index (χ4v) is 4.71. The molecule has 2 aromatic rings. The molecule has 0 saturated carbocycles. The number of Topliss-reactive ketones (excluding diaryl/α,β-unsaturated/α-hetero) is 1. The molecule has 1 unspecified atom stereocenters. The van der Waals surface area contributed by atoms with Gasteiger partial charge in [0.05, 0.1) is 32.4 Å². The lowest BCUT2D eigenvalue weighted by atomic mass is 9.94. The van der Waals surface area contributed by atoms with Crippen molar-refractivity contribution in [2.45, 2.75) is 46.6 Å². The largest absolute Gasteiger partial charge is 0.507 e. The topological polar surface area (TPSA) is 88.5 Å². The minimum atomic E-state index is -0.772. The van der Waals surface area contributed by atoms with Crippen LogP contribution in [-0.2, 0) is 9.59 Å². The molecule has 1 fully saturated rings. The van der Waals surface area contributed by atoms with Crippen LogP contribution in [0.15, 0.2) is 42.0 Å². The molecule has 206 valence electrons. The number of hydrogen-bond donors (Lipinski definition) is 1. The number of methoxy groups -OCH3 is 2. The van der Waals surface area contributed by atoms with Crippen LogP contribution in [0.5, 0.6) is 17.2 Å². The second-order valence-electron chi connectivity index (χ2n) is 9.32. The van der Waals surface area contributed by atoms with Crippen molar-refractivity contribution in [2.75, 3.05) is 47.0 Å². The molecule has 1 atom stereocenters. The summed E-state index contributed by atoms with van der Waals surface area (Å²) in [6.45, 7) is 11.3. The van der Waals surface area contributed by atoms with Crippen LogP contribution in [0.4, 0.5) is 0 Å². The van der Waals surface area contributed by atoms with E-state index in [4.69, 9.17) is 14.2 Å². The van der Waals surface area contributed by atoms with Crippen molar-refractivity contribution in [1.82, 2.24) is 9.80 Å². The number of hydrogen-bond acceptors (Lipinski definition) is 7. The van der Waals surface area contributed by atoms with Crippen molar-refractivity contribution in [3.05, 3.63) is 58.7 Å². The van der Waals surface area contributed by atoms with E-state index in [-0.39, 0.29) is 11.3 Å². The number of ketones is 1. The second-order valence-corrected chi connectivity index (χ2v) is 9.32. The van der Waals surface area contributed by atoms with E-state index in [1.54, 1.807) is 48.4 Å². The van der Waals surface area contributed by atoms with Crippen LogP contribution in [0, 0.1) is 6.92 Å². The molecule has 1 saturated heterocycles. The van der Waals surface area contributed by atoms with E-state index in [0.717, 1.165) is 37.2 Å². The first-order chi connectivity index (χ1) is 18.3. The first-order valence-corrected chi connectivity index (χ1v) is 13.3. The molecule has 1 amide bonds. The Morgan fingerprint density at radius 2 is 1.66 bits per heavy atom. The Hall–Kier alpha value is -3.52. The molecular weight excluding hydrogens is 484 g/mol. The highest BCUT2D eigenvalue weighted by Crippen LogP contribution is 2.42. The number of unbranched alkanes of at least 4 members (excludes halogenated alkanes) is 1. The molecule has 3 rings (SSSR count). The molecule has 1 N–H and O–H groups in total. The van der Waals surface area contributed by atoms with Crippen LogP contribution >= 0.6 is 0 Å². The first kappa shape index (κ1) is 29.0. The summed E-state index contributed by atoms with van der Waals surface area (Å²) in [7, 11) is 3.08. The zero-order valence-corrected chi connectivity index (χ0v) is 23.4. The summed E-state index contributed by atoms with van der Waals surface area (Å²) in [5.41, 5.74) is 2.00. The van der Waals surface area contributed by atoms with Gasteiger partial charge < -0.3 is 29.1 Å². The number of ether oxygens (including phenoxy) is 3. The molecule has 0 spiro atoms. The van der Waals surface area contributed by atoms with Crippen molar-refractivity contribution >= 4 is 17.4 Å². The molecule has 1 aliphatic heterocycles. The lowest BCUT2D eigenvalue weighted by molar-refractivity contribution is -0.140. The number of amides is 1. The third kappa shape index (κ3) is 6.13. The van der Waals surface area contributed by atoms with Crippen LogP contribution < -0.4 is 14.2 Å². The van der Waals surface area contributed by atoms with Crippen LogP contribution in [0.1, 0.15) is 56.3 Å². The van der Waals surface area contributed by atoms with Gasteiger partial charge in [0, 0.05) is 18.7 Å². The maximum atomic E-state index is 13.4. The minimum absolute atomic E-state index is 0.0563. The highest BCUT2D eigenvalue weighted by molar-refractivity contribution is 6.46. The first-order valence-electron chi connectivity index (χ1n) is 13.3. The summed E-state index contributed by atoms with van der Waals surface area (Å²) in [6.07, 6.45) is 1.98. The zero-order valence-electron chi connectivity index (χ0n) is 23.4. The molecule has 0 aliphatic carbocycles. The Kier molecular flexibility index (Phi) is 10.2. The Balaban J connectivity index is 2.10. The number of likely N-dealkylation sites (N-methyl/N-ethyl adjacent to an activating group) is 1. The lowest BCUT2D eigenvalue weighted by Crippen LogP contribution is -2.38. The fraction of sp³-hybridized carbons (Fsp3) is 0.467. The monoisotopic (exact) mass is 524 g/mol. The van der Waals surface area contributed by atoms with Gasteiger partial charge in [-0.05, 0) is 67.9 Å². The van der Waals surface area contributed by atoms with Gasteiger partial charge in [-0.15, -0.1) is 0 Å². The van der Waals surface area contributed by atoms with E-state index in [2.05, 4.69) is 25.7 Å². The maximum absolute atomic E-state index is 13.4. The molecule has 1 aliphatic rings. The Labute approximate surface area is 225 Å². The highest BCUT2D eigenvalue weighted by atomic mass is 16.5. The summed E-state index contributed by atoms with van der Waals surface area (Å²) in [5.74, 6) is 0.190. The number of rotatable bonds is 13. The standard InChI is InChI=1S/C30H40N2O6/c1-7-10-17-38-23-13-12-22(18-20(23)4)28(33)26-27(21-11-14-24(36-5)25(19-21)37-6)32(30(35)29(26)34)16-15-31(8-2)9-3/h11-14,18-19,27,33H,7-10,15-17H2,1-6H3/b28-26-. The van der Waals surface area contributed by atoms with Gasteiger partial charge in [0.25, 0.3) is 11.7 Å². The molecule has 0 radical (unpaired) electrons. The van der Waals surface area contributed by atoms with Gasteiger partial charge >= 0.3 is 0 Å². The summed E-state index contributed by atoms with van der Waals surface area (Å²) in [4.78, 5) is 30.4. The van der Waals surface area contributed by atoms with E-state index in [9.17, 15) is 14.7 Å². The fourth-order valence-electron chi connectivity index (χ4n) is 4.71. The average molecular weight is 525 g/mol. The third-order valence-electron chi connectivity index (χ3n) is 7.02. The second kappa shape index (κ2) is 13.3. The number of aryl methyl sites for hydroxylation is 1. The van der Waals surface area contributed by atoms with Crippen molar-refractivity contribution in [3.63, 3.8) is 0 Å². The minimum Gasteiger partial charge on any atom is -0.507 e. The van der Waals surface area contributed by atoms with Gasteiger partial charge in [-0.25, -0.2) is 0 Å². The molecule has 2 aromatic carbocycles. The van der Waals surface area contributed by atoms with Crippen molar-refractivity contribution in [1.29, 1.82) is 0 Å². The van der Waals surface area contributed by atoms with Crippen molar-refractivity contribution in [2.24, 2.45) is 0 Å². The number of carbonyl (C=O) groups is 2. The van der Waals surface area contributed by atoms with Gasteiger partial charge in [0.1, 0.15) is 11.5 Å². The quantitative estimate of drug-likeness (QED) is 0.172. The number of aliphatic hydroxyl groups is 1. The Morgan fingerprint density at radius 3 is 2.26 bits per heavy atom. The third-order valence-corrected chi connectivity index (χ3v) is 7.02. The maximum Gasteiger partial charge on any atom is 0.295 e. The van der Waals surface area contributed by atoms with Crippen LogP contribution in [-0.4, -0.2) is 73.6 Å². The summed E-state index contributed by atoms with van der Waals surface area (Å²) in [5, 5.41) is 11.5. The summed E-state index contributed by atoms with van der Waals surface area (Å²) < 4.78 is 16.7. The predicted molar refractivity (Wildman–Crippen MR) is 148 cm³/mol. The predicted octanol–water partition coefficient (Wildman–Crippen LogP) is 4.95. The van der Waals surface area contributed by atoms with Crippen LogP contribution in [0.25, 0.3) is 5.76 Å². The van der Waals surface area contributed by atoms with Gasteiger partial charge in [-0.2, -0.15) is 0 Å². The van der Waals surface area contributed by atoms with Gasteiger partial charge in [-0.3, -0.25) is 9.59 Å². The Bertz CT molecular complexity index is 1170. The van der Waals surface area contributed by atoms with Crippen molar-refractivity contribution < 1.29 is 28.9 Å². The number of nitrogens with zero attached hydrogens (tertiary/aromatic N) is 2. The van der Waals surface area contributed by atoms with E-state index >= 15 is 0 Å². The number of likely N-dealkylation sites (tertiary alicyclic amines) is 1. The normalized spacial score (nSPS) is 16.8. The van der Waals surface area contributed by atoms with Crippen LogP contribution in [0.2, 0.25) is 0 Å². The number of aliphatic hydroxyl groups excluding tert-OH is 1. The van der Waals surface area contributed by atoms with Gasteiger partial charge in [0.15, 0.2) is 11.5 Å². The van der Waals surface area contributed by atoms with Crippen LogP contribution in [0.3, 0.4) is 0 Å². The number of benzene rings is 2. The van der Waals surface area contributed by atoms with E-state index in [0.29, 0.717) is 42.3 Å². The molecule has 8 heteroatoms. The van der Waals surface area contributed by atoms with Crippen molar-refractivity contribution in [3.8, 4) is 17.2 Å². The Morgan fingerprint density at radius 1 is 0.974 bits per heavy atom. The van der Waals surface area contributed by atoms with E-state index < -0.39 is 17.7 Å². The van der Waals surface area contributed by atoms with E-state index in [1.165, 1.54) is 7.11 Å². The molecule has 1 heterocycles. The smallest absolute Gasteiger partial charge is 0.295 e. The SMILES string of the molecule is CCCCOc1ccc(/C(O)=C2/C(=O)C(=O)N(CCN(CC)CC)C2c2ccc(OC)c(OC)c2)cc1C. The molecule has 38 heavy (non-hydrogen) atoms. The van der Waals surface area contributed by atoms with Gasteiger partial charge in [0.2, 0.25) is 0 Å². The zero-order chi connectivity index (χ0) is 27.8. The molecular formula is C30H40N2O6. The van der Waals surface area contributed by atoms with E-state index in [1.807, 2.05) is 6.92 Å². The highest BCUT2D eigenvalue weighted by Gasteiger charge is 2.46. The molecule has 8 nitrogen and oxygen atoms in total. The lowest BCUT2D eigenvalue weighted by Gasteiger charge is -2.28. The summed E-state index contributed by atoms with van der Waals surface area (Å²) in [6, 6.07) is 9.82. The molecule has 0 aromatic heterocycles. The summed E-state index contributed by atoms with van der Waals surface area (Å²) >= 11 is 0. The number of carbonyl (C=O) groups excluding carboxylic acids is 2.